The molecule has 0 amide bonds. The Morgan fingerprint density at radius 2 is 1.79 bits per heavy atom. The molecule has 2 heteroatoms. The van der Waals surface area contributed by atoms with Crippen LogP contribution in [-0.4, -0.2) is 24.4 Å². The molecule has 0 aromatic carbocycles. The molecule has 0 aliphatic heterocycles. The third-order valence-electron chi connectivity index (χ3n) is 2.68. The highest BCUT2D eigenvalue weighted by molar-refractivity contribution is 4.57. The zero-order valence-electron chi connectivity index (χ0n) is 9.96. The lowest BCUT2D eigenvalue weighted by Crippen LogP contribution is -2.17. The van der Waals surface area contributed by atoms with Crippen LogP contribution < -0.4 is 0 Å². The minimum atomic E-state index is -0.279. The SMILES string of the molecule is CCCCC(CC)COCC(O)CC. The van der Waals surface area contributed by atoms with Crippen molar-refractivity contribution < 1.29 is 9.84 Å². The van der Waals surface area contributed by atoms with Crippen molar-refractivity contribution in [2.24, 2.45) is 5.92 Å². The molecule has 2 atom stereocenters. The van der Waals surface area contributed by atoms with E-state index in [2.05, 4.69) is 13.8 Å². The van der Waals surface area contributed by atoms with Crippen molar-refractivity contribution >= 4 is 0 Å². The van der Waals surface area contributed by atoms with Crippen LogP contribution in [-0.2, 0) is 4.74 Å². The molecule has 0 aromatic heterocycles. The van der Waals surface area contributed by atoms with Crippen LogP contribution in [0.3, 0.4) is 0 Å². The largest absolute Gasteiger partial charge is 0.391 e. The molecule has 0 aliphatic rings. The van der Waals surface area contributed by atoms with Crippen molar-refractivity contribution in [3.05, 3.63) is 0 Å². The Morgan fingerprint density at radius 3 is 2.29 bits per heavy atom. The summed E-state index contributed by atoms with van der Waals surface area (Å²) in [5.41, 5.74) is 0. The highest BCUT2D eigenvalue weighted by atomic mass is 16.5. The summed E-state index contributed by atoms with van der Waals surface area (Å²) in [6.07, 6.45) is 5.49. The first kappa shape index (κ1) is 13.9. The van der Waals surface area contributed by atoms with Crippen molar-refractivity contribution in [2.45, 2.75) is 59.0 Å². The summed E-state index contributed by atoms with van der Waals surface area (Å²) >= 11 is 0. The van der Waals surface area contributed by atoms with Crippen LogP contribution in [0, 0.1) is 5.92 Å². The Balaban J connectivity index is 3.42. The maximum atomic E-state index is 9.29. The normalized spacial score (nSPS) is 15.4. The van der Waals surface area contributed by atoms with E-state index in [4.69, 9.17) is 4.74 Å². The number of ether oxygens (including phenoxy) is 1. The lowest BCUT2D eigenvalue weighted by atomic mass is 10.0. The van der Waals surface area contributed by atoms with Crippen molar-refractivity contribution in [1.29, 1.82) is 0 Å². The zero-order chi connectivity index (χ0) is 10.8. The van der Waals surface area contributed by atoms with Gasteiger partial charge in [0.1, 0.15) is 0 Å². The van der Waals surface area contributed by atoms with Gasteiger partial charge >= 0.3 is 0 Å². The summed E-state index contributed by atoms with van der Waals surface area (Å²) in [5.74, 6) is 0.680. The standard InChI is InChI=1S/C12H26O2/c1-4-7-8-11(5-2)9-14-10-12(13)6-3/h11-13H,4-10H2,1-3H3. The zero-order valence-corrected chi connectivity index (χ0v) is 9.96. The van der Waals surface area contributed by atoms with Gasteiger partial charge in [-0.3, -0.25) is 0 Å². The molecule has 86 valence electrons. The van der Waals surface area contributed by atoms with Crippen LogP contribution in [0.1, 0.15) is 52.9 Å². The van der Waals surface area contributed by atoms with Crippen molar-refractivity contribution in [3.8, 4) is 0 Å². The molecule has 14 heavy (non-hydrogen) atoms. The maximum absolute atomic E-state index is 9.29. The van der Waals surface area contributed by atoms with E-state index in [1.165, 1.54) is 25.7 Å². The summed E-state index contributed by atoms with van der Waals surface area (Å²) in [6, 6.07) is 0. The number of rotatable bonds is 9. The molecule has 0 saturated carbocycles. The monoisotopic (exact) mass is 202 g/mol. The van der Waals surface area contributed by atoms with Crippen LogP contribution in [0.15, 0.2) is 0 Å². The van der Waals surface area contributed by atoms with E-state index in [9.17, 15) is 5.11 Å². The fourth-order valence-electron chi connectivity index (χ4n) is 1.39. The van der Waals surface area contributed by atoms with Crippen LogP contribution in [0.2, 0.25) is 0 Å². The number of aliphatic hydroxyl groups is 1. The first-order valence-electron chi connectivity index (χ1n) is 6.00. The molecular formula is C12H26O2. The maximum Gasteiger partial charge on any atom is 0.0771 e. The van der Waals surface area contributed by atoms with E-state index < -0.39 is 0 Å². The molecule has 0 fully saturated rings. The van der Waals surface area contributed by atoms with Gasteiger partial charge in [-0.05, 0) is 18.8 Å². The summed E-state index contributed by atoms with van der Waals surface area (Å²) in [7, 11) is 0. The van der Waals surface area contributed by atoms with Crippen molar-refractivity contribution in [1.82, 2.24) is 0 Å². The van der Waals surface area contributed by atoms with Gasteiger partial charge in [0.2, 0.25) is 0 Å². The lowest BCUT2D eigenvalue weighted by molar-refractivity contribution is 0.0176. The van der Waals surface area contributed by atoms with Gasteiger partial charge < -0.3 is 9.84 Å². The fraction of sp³-hybridized carbons (Fsp3) is 1.00. The Labute approximate surface area is 88.7 Å². The Kier molecular flexibility index (Phi) is 9.42. The number of hydrogen-bond donors (Lipinski definition) is 1. The van der Waals surface area contributed by atoms with Gasteiger partial charge in [0.25, 0.3) is 0 Å². The topological polar surface area (TPSA) is 29.5 Å². The van der Waals surface area contributed by atoms with Gasteiger partial charge in [-0.15, -0.1) is 0 Å². The molecule has 2 unspecified atom stereocenters. The molecule has 0 spiro atoms. The molecule has 2 nitrogen and oxygen atoms in total. The first-order chi connectivity index (χ1) is 6.74. The Morgan fingerprint density at radius 1 is 1.07 bits per heavy atom. The molecule has 0 rings (SSSR count). The van der Waals surface area contributed by atoms with Crippen LogP contribution in [0.25, 0.3) is 0 Å². The lowest BCUT2D eigenvalue weighted by Gasteiger charge is -2.16. The summed E-state index contributed by atoms with van der Waals surface area (Å²) in [4.78, 5) is 0. The fourth-order valence-corrected chi connectivity index (χ4v) is 1.39. The number of aliphatic hydroxyl groups excluding tert-OH is 1. The Bertz CT molecular complexity index is 115. The van der Waals surface area contributed by atoms with Crippen molar-refractivity contribution in [2.75, 3.05) is 13.2 Å². The minimum Gasteiger partial charge on any atom is -0.391 e. The highest BCUT2D eigenvalue weighted by Crippen LogP contribution is 2.12. The second-order valence-electron chi connectivity index (χ2n) is 4.02. The number of hydrogen-bond acceptors (Lipinski definition) is 2. The van der Waals surface area contributed by atoms with Crippen molar-refractivity contribution in [3.63, 3.8) is 0 Å². The molecule has 0 aromatic rings. The van der Waals surface area contributed by atoms with E-state index in [0.717, 1.165) is 13.0 Å². The molecule has 0 radical (unpaired) electrons. The second-order valence-corrected chi connectivity index (χ2v) is 4.02. The van der Waals surface area contributed by atoms with Gasteiger partial charge in [0.05, 0.1) is 12.7 Å². The van der Waals surface area contributed by atoms with Gasteiger partial charge in [-0.25, -0.2) is 0 Å². The molecule has 0 aliphatic carbocycles. The quantitative estimate of drug-likeness (QED) is 0.623. The van der Waals surface area contributed by atoms with Gasteiger partial charge in [-0.2, -0.15) is 0 Å². The predicted octanol–water partition coefficient (Wildman–Crippen LogP) is 2.99. The van der Waals surface area contributed by atoms with Gasteiger partial charge in [0.15, 0.2) is 0 Å². The molecule has 1 N–H and O–H groups in total. The summed E-state index contributed by atoms with van der Waals surface area (Å²) in [5, 5.41) is 9.29. The average molecular weight is 202 g/mol. The van der Waals surface area contributed by atoms with Crippen LogP contribution in [0.4, 0.5) is 0 Å². The molecule has 0 saturated heterocycles. The molecule has 0 bridgehead atoms. The summed E-state index contributed by atoms with van der Waals surface area (Å²) in [6.45, 7) is 7.71. The van der Waals surface area contributed by atoms with E-state index >= 15 is 0 Å². The smallest absolute Gasteiger partial charge is 0.0771 e. The van der Waals surface area contributed by atoms with E-state index in [1.807, 2.05) is 6.92 Å². The Hall–Kier alpha value is -0.0800. The third kappa shape index (κ3) is 7.34. The van der Waals surface area contributed by atoms with E-state index in [-0.39, 0.29) is 6.10 Å². The average Bonchev–Trinajstić information content (AvgIpc) is 2.22. The van der Waals surface area contributed by atoms with Gasteiger partial charge in [0, 0.05) is 6.61 Å². The summed E-state index contributed by atoms with van der Waals surface area (Å²) < 4.78 is 5.49. The number of unbranched alkanes of at least 4 members (excludes halogenated alkanes) is 1. The van der Waals surface area contributed by atoms with Crippen LogP contribution >= 0.6 is 0 Å². The minimum absolute atomic E-state index is 0.279. The molecular weight excluding hydrogens is 176 g/mol. The molecule has 0 heterocycles. The first-order valence-corrected chi connectivity index (χ1v) is 6.00. The van der Waals surface area contributed by atoms with Gasteiger partial charge in [-0.1, -0.05) is 40.0 Å². The van der Waals surface area contributed by atoms with E-state index in [0.29, 0.717) is 12.5 Å². The van der Waals surface area contributed by atoms with Crippen LogP contribution in [0.5, 0.6) is 0 Å². The third-order valence-corrected chi connectivity index (χ3v) is 2.68. The second kappa shape index (κ2) is 9.47. The van der Waals surface area contributed by atoms with E-state index in [1.54, 1.807) is 0 Å². The highest BCUT2D eigenvalue weighted by Gasteiger charge is 2.07. The predicted molar refractivity (Wildman–Crippen MR) is 60.4 cm³/mol.